The average Bonchev–Trinajstić information content (AvgIpc) is 2.30. The zero-order chi connectivity index (χ0) is 13.1. The van der Waals surface area contributed by atoms with Crippen molar-refractivity contribution in [3.63, 3.8) is 0 Å². The third kappa shape index (κ3) is 3.75. The minimum atomic E-state index is -0.869. The van der Waals surface area contributed by atoms with Gasteiger partial charge in [0.15, 0.2) is 0 Å². The molecule has 0 spiro atoms. The number of amides is 1. The van der Waals surface area contributed by atoms with Crippen LogP contribution >= 0.6 is 0 Å². The molecule has 1 unspecified atom stereocenters. The van der Waals surface area contributed by atoms with Gasteiger partial charge in [-0.25, -0.2) is 0 Å². The predicted octanol–water partition coefficient (Wildman–Crippen LogP) is 1.47. The van der Waals surface area contributed by atoms with Crippen molar-refractivity contribution in [1.29, 1.82) is 0 Å². The van der Waals surface area contributed by atoms with E-state index < -0.39 is 5.60 Å². The van der Waals surface area contributed by atoms with E-state index in [0.717, 1.165) is 5.56 Å². The number of anilines is 1. The van der Waals surface area contributed by atoms with E-state index in [-0.39, 0.29) is 12.5 Å². The van der Waals surface area contributed by atoms with Gasteiger partial charge in [-0.05, 0) is 38.0 Å². The van der Waals surface area contributed by atoms with Crippen molar-refractivity contribution >= 4 is 11.6 Å². The van der Waals surface area contributed by atoms with Crippen molar-refractivity contribution in [2.45, 2.75) is 32.8 Å². The molecular formula is C13H20N2O2. The third-order valence-corrected chi connectivity index (χ3v) is 2.93. The highest BCUT2D eigenvalue weighted by Gasteiger charge is 2.18. The average molecular weight is 236 g/mol. The lowest BCUT2D eigenvalue weighted by molar-refractivity contribution is 0.0518. The fraction of sp³-hybridized carbons (Fsp3) is 0.462. The van der Waals surface area contributed by atoms with Crippen LogP contribution in [0.25, 0.3) is 0 Å². The second-order valence-electron chi connectivity index (χ2n) is 4.60. The van der Waals surface area contributed by atoms with E-state index in [4.69, 9.17) is 5.73 Å². The first-order valence-electron chi connectivity index (χ1n) is 5.72. The molecule has 4 N–H and O–H groups in total. The Balaban J connectivity index is 2.68. The Morgan fingerprint density at radius 1 is 1.53 bits per heavy atom. The summed E-state index contributed by atoms with van der Waals surface area (Å²) >= 11 is 0. The summed E-state index contributed by atoms with van der Waals surface area (Å²) in [5.74, 6) is -0.217. The number of aryl methyl sites for hydroxylation is 1. The zero-order valence-corrected chi connectivity index (χ0v) is 10.6. The summed E-state index contributed by atoms with van der Waals surface area (Å²) in [5, 5.41) is 12.5. The highest BCUT2D eigenvalue weighted by molar-refractivity contribution is 5.95. The van der Waals surface area contributed by atoms with Gasteiger partial charge in [-0.2, -0.15) is 0 Å². The van der Waals surface area contributed by atoms with Gasteiger partial charge in [0, 0.05) is 17.8 Å². The first-order chi connectivity index (χ1) is 7.85. The van der Waals surface area contributed by atoms with E-state index in [0.29, 0.717) is 17.7 Å². The Bertz CT molecular complexity index is 414. The van der Waals surface area contributed by atoms with Crippen molar-refractivity contribution < 1.29 is 9.90 Å². The lowest BCUT2D eigenvalue weighted by atomic mass is 10.0. The summed E-state index contributed by atoms with van der Waals surface area (Å²) in [6, 6.07) is 5.18. The minimum Gasteiger partial charge on any atom is -0.398 e. The van der Waals surface area contributed by atoms with Crippen LogP contribution in [0.4, 0.5) is 5.69 Å². The zero-order valence-electron chi connectivity index (χ0n) is 10.6. The van der Waals surface area contributed by atoms with E-state index >= 15 is 0 Å². The molecule has 0 aliphatic carbocycles. The molecule has 0 fully saturated rings. The Morgan fingerprint density at radius 2 is 2.18 bits per heavy atom. The van der Waals surface area contributed by atoms with Crippen molar-refractivity contribution in [3.05, 3.63) is 29.3 Å². The fourth-order valence-electron chi connectivity index (χ4n) is 1.28. The van der Waals surface area contributed by atoms with E-state index in [2.05, 4.69) is 5.32 Å². The lowest BCUT2D eigenvalue weighted by Crippen LogP contribution is -2.40. The Kier molecular flexibility index (Phi) is 4.12. The summed E-state index contributed by atoms with van der Waals surface area (Å²) in [4.78, 5) is 11.8. The molecule has 94 valence electrons. The minimum absolute atomic E-state index is 0.217. The largest absolute Gasteiger partial charge is 0.398 e. The van der Waals surface area contributed by atoms with E-state index in [9.17, 15) is 9.90 Å². The van der Waals surface area contributed by atoms with Gasteiger partial charge in [-0.3, -0.25) is 4.79 Å². The molecule has 17 heavy (non-hydrogen) atoms. The summed E-state index contributed by atoms with van der Waals surface area (Å²) in [7, 11) is 0. The molecule has 1 rings (SSSR count). The monoisotopic (exact) mass is 236 g/mol. The molecular weight excluding hydrogens is 216 g/mol. The normalized spacial score (nSPS) is 14.1. The molecule has 1 atom stereocenters. The third-order valence-electron chi connectivity index (χ3n) is 2.93. The van der Waals surface area contributed by atoms with E-state index in [1.165, 1.54) is 0 Å². The van der Waals surface area contributed by atoms with Crippen molar-refractivity contribution in [2.75, 3.05) is 12.3 Å². The second-order valence-corrected chi connectivity index (χ2v) is 4.60. The topological polar surface area (TPSA) is 75.3 Å². The number of hydrogen-bond donors (Lipinski definition) is 3. The number of carbonyl (C=O) groups is 1. The molecule has 0 radical (unpaired) electrons. The van der Waals surface area contributed by atoms with Crippen LogP contribution in [0.5, 0.6) is 0 Å². The molecule has 1 aromatic carbocycles. The number of nitrogens with one attached hydrogen (secondary N) is 1. The van der Waals surface area contributed by atoms with Crippen LogP contribution in [0.15, 0.2) is 18.2 Å². The molecule has 0 aliphatic heterocycles. The molecule has 4 heteroatoms. The first-order valence-corrected chi connectivity index (χ1v) is 5.72. The summed E-state index contributed by atoms with van der Waals surface area (Å²) in [6.07, 6.45) is 0.587. The Morgan fingerprint density at radius 3 is 2.71 bits per heavy atom. The second kappa shape index (κ2) is 5.19. The predicted molar refractivity (Wildman–Crippen MR) is 68.8 cm³/mol. The molecule has 0 aromatic heterocycles. The Hall–Kier alpha value is -1.55. The molecule has 1 aromatic rings. The van der Waals surface area contributed by atoms with Crippen molar-refractivity contribution in [1.82, 2.24) is 5.32 Å². The van der Waals surface area contributed by atoms with Gasteiger partial charge >= 0.3 is 0 Å². The van der Waals surface area contributed by atoms with Crippen molar-refractivity contribution in [3.8, 4) is 0 Å². The van der Waals surface area contributed by atoms with Gasteiger partial charge in [0.1, 0.15) is 0 Å². The van der Waals surface area contributed by atoms with Crippen molar-refractivity contribution in [2.24, 2.45) is 0 Å². The highest BCUT2D eigenvalue weighted by atomic mass is 16.3. The van der Waals surface area contributed by atoms with Gasteiger partial charge in [-0.1, -0.05) is 13.0 Å². The van der Waals surface area contributed by atoms with Gasteiger partial charge in [-0.15, -0.1) is 0 Å². The summed E-state index contributed by atoms with van der Waals surface area (Å²) in [5.41, 5.74) is 6.93. The molecule has 0 bridgehead atoms. The van der Waals surface area contributed by atoms with E-state index in [1.807, 2.05) is 19.9 Å². The number of benzene rings is 1. The van der Waals surface area contributed by atoms with Crippen LogP contribution in [0.1, 0.15) is 36.2 Å². The molecule has 0 saturated carbocycles. The van der Waals surface area contributed by atoms with Gasteiger partial charge in [0.25, 0.3) is 5.91 Å². The number of hydrogen-bond acceptors (Lipinski definition) is 3. The maximum Gasteiger partial charge on any atom is 0.251 e. The van der Waals surface area contributed by atoms with Crippen LogP contribution in [-0.4, -0.2) is 23.2 Å². The fourth-order valence-corrected chi connectivity index (χ4v) is 1.28. The SMILES string of the molecule is CCC(C)(O)CNC(=O)c1ccc(C)c(N)c1. The number of carbonyl (C=O) groups excluding carboxylic acids is 1. The lowest BCUT2D eigenvalue weighted by Gasteiger charge is -2.21. The Labute approximate surface area is 102 Å². The van der Waals surface area contributed by atoms with Crippen LogP contribution in [0.3, 0.4) is 0 Å². The highest BCUT2D eigenvalue weighted by Crippen LogP contribution is 2.13. The summed E-state index contributed by atoms with van der Waals surface area (Å²) in [6.45, 7) is 5.68. The van der Waals surface area contributed by atoms with Crippen LogP contribution < -0.4 is 11.1 Å². The van der Waals surface area contributed by atoms with Crippen LogP contribution in [0.2, 0.25) is 0 Å². The maximum absolute atomic E-state index is 11.8. The number of aliphatic hydroxyl groups is 1. The van der Waals surface area contributed by atoms with Gasteiger partial charge < -0.3 is 16.2 Å². The van der Waals surface area contributed by atoms with Gasteiger partial charge in [0.2, 0.25) is 0 Å². The molecule has 1 amide bonds. The summed E-state index contributed by atoms with van der Waals surface area (Å²) < 4.78 is 0. The smallest absolute Gasteiger partial charge is 0.251 e. The molecule has 0 heterocycles. The number of nitrogens with two attached hydrogens (primary N) is 1. The number of nitrogen functional groups attached to an aromatic ring is 1. The van der Waals surface area contributed by atoms with Crippen LogP contribution in [0, 0.1) is 6.92 Å². The molecule has 4 nitrogen and oxygen atoms in total. The molecule has 0 aliphatic rings. The van der Waals surface area contributed by atoms with Gasteiger partial charge in [0.05, 0.1) is 5.60 Å². The number of rotatable bonds is 4. The van der Waals surface area contributed by atoms with Crippen LogP contribution in [-0.2, 0) is 0 Å². The standard InChI is InChI=1S/C13H20N2O2/c1-4-13(3,17)8-15-12(16)10-6-5-9(2)11(14)7-10/h5-7,17H,4,8,14H2,1-3H3,(H,15,16). The quantitative estimate of drug-likeness (QED) is 0.693. The first kappa shape index (κ1) is 13.5. The van der Waals surface area contributed by atoms with E-state index in [1.54, 1.807) is 19.1 Å². The maximum atomic E-state index is 11.8. The molecule has 0 saturated heterocycles.